The summed E-state index contributed by atoms with van der Waals surface area (Å²) < 4.78 is 14.3. The van der Waals surface area contributed by atoms with E-state index in [0.29, 0.717) is 17.8 Å². The lowest BCUT2D eigenvalue weighted by atomic mass is 10.1. The van der Waals surface area contributed by atoms with E-state index in [1.165, 1.54) is 5.56 Å². The maximum atomic E-state index is 13.1. The van der Waals surface area contributed by atoms with Gasteiger partial charge in [0.05, 0.1) is 11.4 Å². The molecule has 1 aliphatic rings. The van der Waals surface area contributed by atoms with E-state index in [9.17, 15) is 4.79 Å². The molecule has 0 aliphatic carbocycles. The van der Waals surface area contributed by atoms with E-state index in [1.54, 1.807) is 16.2 Å². The van der Waals surface area contributed by atoms with Crippen LogP contribution in [0.3, 0.4) is 0 Å². The summed E-state index contributed by atoms with van der Waals surface area (Å²) >= 11 is 0. The predicted octanol–water partition coefficient (Wildman–Crippen LogP) is 3.76. The lowest BCUT2D eigenvalue weighted by Crippen LogP contribution is -2.38. The number of benzene rings is 2. The van der Waals surface area contributed by atoms with Crippen LogP contribution in [-0.2, 0) is 13.6 Å². The van der Waals surface area contributed by atoms with Crippen LogP contribution in [0.4, 0.5) is 5.69 Å². The summed E-state index contributed by atoms with van der Waals surface area (Å²) in [5.74, 6) is 1.41. The second kappa shape index (κ2) is 7.28. The van der Waals surface area contributed by atoms with Gasteiger partial charge in [0.15, 0.2) is 11.5 Å². The van der Waals surface area contributed by atoms with Crippen molar-refractivity contribution in [2.75, 3.05) is 6.79 Å². The number of nitrogens with zero attached hydrogens (tertiary/aromatic N) is 3. The maximum Gasteiger partial charge on any atom is 0.329 e. The number of hydrogen-bond acceptors (Lipinski definition) is 4. The zero-order valence-corrected chi connectivity index (χ0v) is 17.4. The van der Waals surface area contributed by atoms with Gasteiger partial charge in [0.1, 0.15) is 5.49 Å². The Bertz CT molecular complexity index is 1210. The van der Waals surface area contributed by atoms with E-state index >= 15 is 0 Å². The highest BCUT2D eigenvalue weighted by Crippen LogP contribution is 2.35. The molecule has 150 valence electrons. The monoisotopic (exact) mass is 391 g/mol. The quantitative estimate of drug-likeness (QED) is 0.683. The SMILES string of the molecule is CCn1c(-c2ccc3c(c2)OCO3)c/c(=N/c2c(C)cc(C)cc2C)n(C)c1=O. The minimum Gasteiger partial charge on any atom is -0.454 e. The fourth-order valence-corrected chi connectivity index (χ4v) is 3.85. The minimum absolute atomic E-state index is 0.108. The van der Waals surface area contributed by atoms with E-state index < -0.39 is 0 Å². The Kier molecular flexibility index (Phi) is 4.78. The molecule has 4 rings (SSSR count). The molecule has 0 spiro atoms. The Morgan fingerprint density at radius 2 is 1.69 bits per heavy atom. The number of aromatic nitrogens is 2. The molecule has 0 fully saturated rings. The van der Waals surface area contributed by atoms with E-state index in [-0.39, 0.29) is 12.5 Å². The average Bonchev–Trinajstić information content (AvgIpc) is 3.15. The molecule has 3 aromatic rings. The van der Waals surface area contributed by atoms with Gasteiger partial charge in [-0.05, 0) is 57.0 Å². The van der Waals surface area contributed by atoms with Crippen LogP contribution in [0.15, 0.2) is 46.2 Å². The molecule has 0 radical (unpaired) electrons. The molecule has 0 atom stereocenters. The maximum absolute atomic E-state index is 13.1. The second-order valence-corrected chi connectivity index (χ2v) is 7.40. The van der Waals surface area contributed by atoms with Gasteiger partial charge < -0.3 is 9.47 Å². The van der Waals surface area contributed by atoms with Gasteiger partial charge in [0, 0.05) is 25.2 Å². The molecule has 0 saturated heterocycles. The highest BCUT2D eigenvalue weighted by atomic mass is 16.7. The smallest absolute Gasteiger partial charge is 0.329 e. The summed E-state index contributed by atoms with van der Waals surface area (Å²) in [6.45, 7) is 8.90. The summed E-state index contributed by atoms with van der Waals surface area (Å²) in [6, 6.07) is 11.9. The number of rotatable bonds is 3. The standard InChI is InChI=1S/C23H25N3O3/c1-6-26-18(17-7-8-19-20(11-17)29-13-28-19)12-21(25(5)23(26)27)24-22-15(3)9-14(2)10-16(22)4/h7-12H,6,13H2,1-5H3/b24-21-. The van der Waals surface area contributed by atoms with Gasteiger partial charge in [0.2, 0.25) is 6.79 Å². The average molecular weight is 391 g/mol. The lowest BCUT2D eigenvalue weighted by molar-refractivity contribution is 0.174. The highest BCUT2D eigenvalue weighted by molar-refractivity contribution is 5.64. The summed E-state index contributed by atoms with van der Waals surface area (Å²) in [5, 5.41) is 0. The van der Waals surface area contributed by atoms with Crippen LogP contribution in [-0.4, -0.2) is 15.9 Å². The van der Waals surface area contributed by atoms with Crippen LogP contribution >= 0.6 is 0 Å². The molecular weight excluding hydrogens is 366 g/mol. The zero-order valence-electron chi connectivity index (χ0n) is 17.4. The minimum atomic E-state index is -0.108. The molecule has 2 aromatic carbocycles. The summed E-state index contributed by atoms with van der Waals surface area (Å²) in [6.07, 6.45) is 0. The number of fused-ring (bicyclic) bond motifs is 1. The van der Waals surface area contributed by atoms with E-state index in [4.69, 9.17) is 14.5 Å². The molecule has 6 nitrogen and oxygen atoms in total. The molecule has 1 aliphatic heterocycles. The zero-order chi connectivity index (χ0) is 20.7. The van der Waals surface area contributed by atoms with Crippen molar-refractivity contribution in [1.82, 2.24) is 9.13 Å². The van der Waals surface area contributed by atoms with Gasteiger partial charge in [-0.15, -0.1) is 0 Å². The summed E-state index contributed by atoms with van der Waals surface area (Å²) in [5.41, 5.74) is 6.48. The van der Waals surface area contributed by atoms with Gasteiger partial charge in [-0.3, -0.25) is 9.13 Å². The van der Waals surface area contributed by atoms with Gasteiger partial charge >= 0.3 is 5.69 Å². The molecule has 2 heterocycles. The topological polar surface area (TPSA) is 57.8 Å². The van der Waals surface area contributed by atoms with Crippen LogP contribution in [0, 0.1) is 20.8 Å². The van der Waals surface area contributed by atoms with Gasteiger partial charge in [-0.2, -0.15) is 0 Å². The van der Waals surface area contributed by atoms with Crippen molar-refractivity contribution in [3.05, 3.63) is 69.1 Å². The van der Waals surface area contributed by atoms with Crippen molar-refractivity contribution >= 4 is 5.69 Å². The molecule has 0 bridgehead atoms. The van der Waals surface area contributed by atoms with Crippen LogP contribution < -0.4 is 20.7 Å². The Hall–Kier alpha value is -3.28. The van der Waals surface area contributed by atoms with Crippen LogP contribution in [0.1, 0.15) is 23.6 Å². The van der Waals surface area contributed by atoms with Crippen molar-refractivity contribution in [2.45, 2.75) is 34.2 Å². The summed E-state index contributed by atoms with van der Waals surface area (Å²) in [4.78, 5) is 17.9. The van der Waals surface area contributed by atoms with Crippen molar-refractivity contribution in [3.63, 3.8) is 0 Å². The molecular formula is C23H25N3O3. The highest BCUT2D eigenvalue weighted by Gasteiger charge is 2.16. The van der Waals surface area contributed by atoms with Crippen molar-refractivity contribution in [1.29, 1.82) is 0 Å². The first kappa shape index (κ1) is 19.1. The fraction of sp³-hybridized carbons (Fsp3) is 0.304. The van der Waals surface area contributed by atoms with Gasteiger partial charge in [-0.1, -0.05) is 17.7 Å². The largest absolute Gasteiger partial charge is 0.454 e. The molecule has 0 N–H and O–H groups in total. The predicted molar refractivity (Wildman–Crippen MR) is 113 cm³/mol. The Morgan fingerprint density at radius 3 is 2.38 bits per heavy atom. The first-order chi connectivity index (χ1) is 13.9. The van der Waals surface area contributed by atoms with Crippen molar-refractivity contribution in [2.24, 2.45) is 12.0 Å². The normalized spacial score (nSPS) is 13.2. The number of ether oxygens (including phenoxy) is 2. The first-order valence-corrected chi connectivity index (χ1v) is 9.72. The van der Waals surface area contributed by atoms with Gasteiger partial charge in [0.25, 0.3) is 0 Å². The summed E-state index contributed by atoms with van der Waals surface area (Å²) in [7, 11) is 1.76. The van der Waals surface area contributed by atoms with E-state index in [2.05, 4.69) is 19.1 Å². The van der Waals surface area contributed by atoms with Gasteiger partial charge in [-0.25, -0.2) is 9.79 Å². The molecule has 6 heteroatoms. The van der Waals surface area contributed by atoms with Crippen molar-refractivity contribution < 1.29 is 9.47 Å². The molecule has 0 saturated carbocycles. The molecule has 1 aromatic heterocycles. The van der Waals surface area contributed by atoms with E-state index in [1.807, 2.05) is 45.0 Å². The third-order valence-electron chi connectivity index (χ3n) is 5.26. The molecule has 0 amide bonds. The fourth-order valence-electron chi connectivity index (χ4n) is 3.85. The lowest BCUT2D eigenvalue weighted by Gasteiger charge is -2.14. The van der Waals surface area contributed by atoms with Crippen LogP contribution in [0.5, 0.6) is 11.5 Å². The first-order valence-electron chi connectivity index (χ1n) is 9.72. The van der Waals surface area contributed by atoms with Crippen molar-refractivity contribution in [3.8, 4) is 22.8 Å². The Labute approximate surface area is 169 Å². The van der Waals surface area contributed by atoms with E-state index in [0.717, 1.165) is 33.8 Å². The molecule has 0 unspecified atom stereocenters. The third-order valence-corrected chi connectivity index (χ3v) is 5.26. The van der Waals surface area contributed by atoms with Crippen LogP contribution in [0.25, 0.3) is 11.3 Å². The Balaban J connectivity index is 1.97. The Morgan fingerprint density at radius 1 is 1.00 bits per heavy atom. The number of aryl methyl sites for hydroxylation is 3. The number of hydrogen-bond donors (Lipinski definition) is 0. The molecule has 29 heavy (non-hydrogen) atoms. The third kappa shape index (κ3) is 3.35. The second-order valence-electron chi connectivity index (χ2n) is 7.40. The van der Waals surface area contributed by atoms with Crippen LogP contribution in [0.2, 0.25) is 0 Å².